The fourth-order valence-corrected chi connectivity index (χ4v) is 6.21. The molecule has 0 spiro atoms. The summed E-state index contributed by atoms with van der Waals surface area (Å²) in [5.74, 6) is 0.0307. The van der Waals surface area contributed by atoms with Gasteiger partial charge >= 0.3 is 0 Å². The molecule has 1 aliphatic heterocycles. The molecule has 160 valence electrons. The van der Waals surface area contributed by atoms with Gasteiger partial charge in [0.05, 0.1) is 11.4 Å². The summed E-state index contributed by atoms with van der Waals surface area (Å²) in [6.07, 6.45) is 3.96. The molecule has 1 amide bonds. The van der Waals surface area contributed by atoms with E-state index in [-0.39, 0.29) is 16.8 Å². The molecule has 1 atom stereocenters. The van der Waals surface area contributed by atoms with Crippen molar-refractivity contribution in [1.82, 2.24) is 19.2 Å². The Kier molecular flexibility index (Phi) is 6.50. The number of thiazole rings is 1. The number of likely N-dealkylation sites (tertiary alicyclic amines) is 1. The second-order valence-electron chi connectivity index (χ2n) is 7.76. The summed E-state index contributed by atoms with van der Waals surface area (Å²) in [5.41, 5.74) is 2.05. The van der Waals surface area contributed by atoms with Crippen molar-refractivity contribution in [2.75, 3.05) is 13.1 Å². The zero-order valence-electron chi connectivity index (χ0n) is 17.8. The van der Waals surface area contributed by atoms with E-state index in [9.17, 15) is 13.2 Å². The molecule has 7 nitrogen and oxygen atoms in total. The number of carbonyl (C=O) groups is 1. The van der Waals surface area contributed by atoms with Crippen LogP contribution in [0.4, 0.5) is 0 Å². The predicted molar refractivity (Wildman–Crippen MR) is 116 cm³/mol. The van der Waals surface area contributed by atoms with Crippen molar-refractivity contribution < 1.29 is 13.2 Å². The summed E-state index contributed by atoms with van der Waals surface area (Å²) in [7, 11) is -1.79. The van der Waals surface area contributed by atoms with Gasteiger partial charge in [0.25, 0.3) is 5.91 Å². The van der Waals surface area contributed by atoms with Crippen LogP contribution in [0.5, 0.6) is 0 Å². The molecule has 0 unspecified atom stereocenters. The van der Waals surface area contributed by atoms with Crippen molar-refractivity contribution in [2.24, 2.45) is 7.05 Å². The molecule has 1 fully saturated rings. The molecule has 0 aromatic carbocycles. The van der Waals surface area contributed by atoms with Gasteiger partial charge in [0, 0.05) is 31.9 Å². The molecule has 2 aromatic heterocycles. The fourth-order valence-electron chi connectivity index (χ4n) is 3.51. The summed E-state index contributed by atoms with van der Waals surface area (Å²) >= 11 is 1.34. The van der Waals surface area contributed by atoms with Gasteiger partial charge in [0.15, 0.2) is 0 Å². The second kappa shape index (κ2) is 8.57. The van der Waals surface area contributed by atoms with Gasteiger partial charge in [-0.25, -0.2) is 18.1 Å². The minimum Gasteiger partial charge on any atom is -0.345 e. The first-order valence-electron chi connectivity index (χ1n) is 10.1. The molecule has 1 N–H and O–H groups in total. The second-order valence-corrected chi connectivity index (χ2v) is 10.4. The lowest BCUT2D eigenvalue weighted by molar-refractivity contribution is 0.0728. The number of rotatable bonds is 6. The normalized spacial score (nSPS) is 16.2. The zero-order valence-corrected chi connectivity index (χ0v) is 19.4. The quantitative estimate of drug-likeness (QED) is 0.748. The summed E-state index contributed by atoms with van der Waals surface area (Å²) in [6.45, 7) is 9.00. The Morgan fingerprint density at radius 2 is 1.93 bits per heavy atom. The highest BCUT2D eigenvalue weighted by Gasteiger charge is 2.27. The summed E-state index contributed by atoms with van der Waals surface area (Å²) in [6, 6.07) is 1.52. The van der Waals surface area contributed by atoms with Gasteiger partial charge in [-0.15, -0.1) is 11.3 Å². The highest BCUT2D eigenvalue weighted by atomic mass is 32.2. The van der Waals surface area contributed by atoms with Crippen LogP contribution >= 0.6 is 11.3 Å². The number of amides is 1. The van der Waals surface area contributed by atoms with E-state index in [4.69, 9.17) is 0 Å². The van der Waals surface area contributed by atoms with Crippen LogP contribution < -0.4 is 4.72 Å². The van der Waals surface area contributed by atoms with Crippen LogP contribution in [-0.4, -0.2) is 47.9 Å². The third kappa shape index (κ3) is 4.41. The van der Waals surface area contributed by atoms with Gasteiger partial charge < -0.3 is 9.47 Å². The lowest BCUT2D eigenvalue weighted by atomic mass is 10.1. The molecule has 0 aliphatic carbocycles. The average Bonchev–Trinajstić information content (AvgIpc) is 3.22. The number of nitrogens with one attached hydrogen (secondary N) is 1. The van der Waals surface area contributed by atoms with Crippen LogP contribution in [-0.2, 0) is 17.1 Å². The average molecular weight is 439 g/mol. The maximum atomic E-state index is 12.9. The van der Waals surface area contributed by atoms with Crippen LogP contribution in [0.25, 0.3) is 10.7 Å². The van der Waals surface area contributed by atoms with Crippen molar-refractivity contribution in [3.05, 3.63) is 22.3 Å². The molecule has 1 aliphatic rings. The van der Waals surface area contributed by atoms with E-state index in [0.717, 1.165) is 25.9 Å². The number of hydrogen-bond acceptors (Lipinski definition) is 5. The minimum absolute atomic E-state index is 0.0307. The van der Waals surface area contributed by atoms with Gasteiger partial charge in [0.2, 0.25) is 10.0 Å². The molecule has 0 radical (unpaired) electrons. The molecule has 9 heteroatoms. The number of piperidine rings is 1. The number of aromatic nitrogens is 2. The van der Waals surface area contributed by atoms with Crippen LogP contribution in [0.1, 0.15) is 60.6 Å². The van der Waals surface area contributed by atoms with Crippen LogP contribution in [0, 0.1) is 13.8 Å². The van der Waals surface area contributed by atoms with E-state index in [2.05, 4.69) is 9.71 Å². The van der Waals surface area contributed by atoms with E-state index in [0.29, 0.717) is 33.4 Å². The van der Waals surface area contributed by atoms with Crippen molar-refractivity contribution >= 4 is 27.3 Å². The molecular formula is C20H30N4O3S2. The largest absolute Gasteiger partial charge is 0.345 e. The Bertz CT molecular complexity index is 1000. The molecule has 1 saturated heterocycles. The molecule has 0 saturated carbocycles. The zero-order chi connectivity index (χ0) is 21.3. The van der Waals surface area contributed by atoms with Gasteiger partial charge in [-0.05, 0) is 52.5 Å². The third-order valence-electron chi connectivity index (χ3n) is 5.60. The maximum absolute atomic E-state index is 12.9. The lowest BCUT2D eigenvalue weighted by Gasteiger charge is -2.26. The SMILES string of the molecule is CC[C@@H](C)NS(=O)(=O)c1cc(-c2nc(C)c(C(=O)N3CCCCC3)s2)n(C)c1C. The van der Waals surface area contributed by atoms with Crippen LogP contribution in [0.3, 0.4) is 0 Å². The first kappa shape index (κ1) is 22.0. The molecule has 2 aromatic rings. The van der Waals surface area contributed by atoms with Gasteiger partial charge in [-0.2, -0.15) is 0 Å². The Balaban J connectivity index is 1.95. The van der Waals surface area contributed by atoms with E-state index >= 15 is 0 Å². The first-order valence-corrected chi connectivity index (χ1v) is 12.4. The summed E-state index contributed by atoms with van der Waals surface area (Å²) in [5, 5.41) is 0.665. The van der Waals surface area contributed by atoms with Gasteiger partial charge in [-0.3, -0.25) is 4.79 Å². The van der Waals surface area contributed by atoms with E-state index < -0.39 is 10.0 Å². The fraction of sp³-hybridized carbons (Fsp3) is 0.600. The summed E-state index contributed by atoms with van der Waals surface area (Å²) in [4.78, 5) is 20.3. The Morgan fingerprint density at radius 1 is 1.28 bits per heavy atom. The van der Waals surface area contributed by atoms with E-state index in [1.807, 2.05) is 37.3 Å². The Hall–Kier alpha value is -1.71. The summed E-state index contributed by atoms with van der Waals surface area (Å²) < 4.78 is 30.2. The maximum Gasteiger partial charge on any atom is 0.265 e. The monoisotopic (exact) mass is 438 g/mol. The molecule has 3 heterocycles. The number of nitrogens with zero attached hydrogens (tertiary/aromatic N) is 3. The first-order chi connectivity index (χ1) is 13.7. The Morgan fingerprint density at radius 3 is 2.55 bits per heavy atom. The Labute approximate surface area is 177 Å². The van der Waals surface area contributed by atoms with Crippen molar-refractivity contribution in [3.63, 3.8) is 0 Å². The van der Waals surface area contributed by atoms with Gasteiger partial charge in [0.1, 0.15) is 14.8 Å². The number of carbonyl (C=O) groups excluding carboxylic acids is 1. The van der Waals surface area contributed by atoms with E-state index in [1.54, 1.807) is 13.0 Å². The van der Waals surface area contributed by atoms with Crippen molar-refractivity contribution in [2.45, 2.75) is 64.3 Å². The smallest absolute Gasteiger partial charge is 0.265 e. The molecular weight excluding hydrogens is 408 g/mol. The highest BCUT2D eigenvalue weighted by molar-refractivity contribution is 7.89. The highest BCUT2D eigenvalue weighted by Crippen LogP contribution is 2.33. The third-order valence-corrected chi connectivity index (χ3v) is 8.47. The topological polar surface area (TPSA) is 84.3 Å². The lowest BCUT2D eigenvalue weighted by Crippen LogP contribution is -2.35. The number of hydrogen-bond donors (Lipinski definition) is 1. The number of aryl methyl sites for hydroxylation is 1. The number of sulfonamides is 1. The van der Waals surface area contributed by atoms with E-state index in [1.165, 1.54) is 17.8 Å². The minimum atomic E-state index is -3.62. The van der Waals surface area contributed by atoms with Crippen LogP contribution in [0.2, 0.25) is 0 Å². The predicted octanol–water partition coefficient (Wildman–Crippen LogP) is 3.47. The van der Waals surface area contributed by atoms with Gasteiger partial charge in [-0.1, -0.05) is 6.92 Å². The molecule has 3 rings (SSSR count). The van der Waals surface area contributed by atoms with Crippen molar-refractivity contribution in [1.29, 1.82) is 0 Å². The van der Waals surface area contributed by atoms with Crippen molar-refractivity contribution in [3.8, 4) is 10.7 Å². The molecule has 29 heavy (non-hydrogen) atoms. The standard InChI is InChI=1S/C20H30N4O3S2/c1-6-13(2)22-29(26,27)17-12-16(23(5)15(17)4)19-21-14(3)18(28-19)20(25)24-10-8-7-9-11-24/h12-13,22H,6-11H2,1-5H3/t13-/m1/s1. The molecule has 0 bridgehead atoms. The van der Waals surface area contributed by atoms with Crippen LogP contribution in [0.15, 0.2) is 11.0 Å².